The van der Waals surface area contributed by atoms with E-state index < -0.39 is 0 Å². The zero-order valence-electron chi connectivity index (χ0n) is 10.5. The van der Waals surface area contributed by atoms with Crippen LogP contribution < -0.4 is 0 Å². The van der Waals surface area contributed by atoms with Crippen LogP contribution in [0.25, 0.3) is 0 Å². The lowest BCUT2D eigenvalue weighted by molar-refractivity contribution is -0.142. The Labute approximate surface area is 97.7 Å². The summed E-state index contributed by atoms with van der Waals surface area (Å²) in [6, 6.07) is 0. The molecule has 0 heterocycles. The fourth-order valence-electron chi connectivity index (χ4n) is 1.27. The first-order chi connectivity index (χ1) is 7.74. The van der Waals surface area contributed by atoms with Gasteiger partial charge in [-0.1, -0.05) is 6.92 Å². The Balaban J connectivity index is 3.63. The Hall–Kier alpha value is -0.650. The topological polar surface area (TPSA) is 48.0 Å². The minimum atomic E-state index is -0.203. The summed E-state index contributed by atoms with van der Waals surface area (Å²) >= 11 is 0. The van der Waals surface area contributed by atoms with E-state index in [0.717, 1.165) is 19.5 Å². The number of hydrogen-bond acceptors (Lipinski definition) is 5. The molecule has 0 amide bonds. The number of ether oxygens (including phenoxy) is 3. The summed E-state index contributed by atoms with van der Waals surface area (Å²) in [7, 11) is 3.05. The second-order valence-corrected chi connectivity index (χ2v) is 3.46. The highest BCUT2D eigenvalue weighted by Gasteiger charge is 2.09. The molecule has 0 aliphatic carbocycles. The van der Waals surface area contributed by atoms with Crippen molar-refractivity contribution in [3.8, 4) is 0 Å². The Kier molecular flexibility index (Phi) is 10.4. The van der Waals surface area contributed by atoms with Crippen LogP contribution in [-0.2, 0) is 19.0 Å². The Morgan fingerprint density at radius 3 is 2.44 bits per heavy atom. The van der Waals surface area contributed by atoms with E-state index in [2.05, 4.69) is 11.7 Å². The second-order valence-electron chi connectivity index (χ2n) is 3.46. The molecule has 0 unspecified atom stereocenters. The largest absolute Gasteiger partial charge is 0.468 e. The maximum atomic E-state index is 11.1. The van der Waals surface area contributed by atoms with Crippen molar-refractivity contribution in [3.63, 3.8) is 0 Å². The van der Waals surface area contributed by atoms with Crippen LogP contribution in [0.5, 0.6) is 0 Å². The molecule has 0 aromatic carbocycles. The summed E-state index contributed by atoms with van der Waals surface area (Å²) in [4.78, 5) is 13.1. The van der Waals surface area contributed by atoms with Crippen LogP contribution in [0.15, 0.2) is 0 Å². The Bertz CT molecular complexity index is 175. The molecule has 0 saturated heterocycles. The molecule has 5 nitrogen and oxygen atoms in total. The molecule has 96 valence electrons. The highest BCUT2D eigenvalue weighted by atomic mass is 16.5. The molecule has 0 aromatic heterocycles. The number of methoxy groups -OCH3 is 2. The van der Waals surface area contributed by atoms with E-state index in [9.17, 15) is 4.79 Å². The van der Waals surface area contributed by atoms with Crippen molar-refractivity contribution in [2.45, 2.75) is 13.3 Å². The monoisotopic (exact) mass is 233 g/mol. The van der Waals surface area contributed by atoms with Gasteiger partial charge in [0.2, 0.25) is 0 Å². The molecule has 0 saturated carbocycles. The van der Waals surface area contributed by atoms with Gasteiger partial charge in [0.15, 0.2) is 0 Å². The van der Waals surface area contributed by atoms with Gasteiger partial charge in [0.25, 0.3) is 0 Å². The van der Waals surface area contributed by atoms with Gasteiger partial charge in [0, 0.05) is 13.7 Å². The van der Waals surface area contributed by atoms with Crippen LogP contribution in [0, 0.1) is 0 Å². The number of rotatable bonds is 10. The standard InChI is InChI=1S/C11H23NO4/c1-4-5-12(10-11(13)15-3)6-7-16-9-8-14-2/h4-10H2,1-3H3. The number of carbonyl (C=O) groups excluding carboxylic acids is 1. The van der Waals surface area contributed by atoms with E-state index in [1.807, 2.05) is 4.90 Å². The smallest absolute Gasteiger partial charge is 0.319 e. The highest BCUT2D eigenvalue weighted by molar-refractivity contribution is 5.71. The van der Waals surface area contributed by atoms with E-state index >= 15 is 0 Å². The summed E-state index contributed by atoms with van der Waals surface area (Å²) in [5, 5.41) is 0. The molecule has 0 aliphatic heterocycles. The van der Waals surface area contributed by atoms with E-state index in [1.165, 1.54) is 7.11 Å². The van der Waals surface area contributed by atoms with Gasteiger partial charge < -0.3 is 14.2 Å². The summed E-state index contributed by atoms with van der Waals surface area (Å²) in [5.41, 5.74) is 0. The molecule has 0 atom stereocenters. The number of nitrogens with zero attached hydrogens (tertiary/aromatic N) is 1. The molecule has 0 aromatic rings. The molecular weight excluding hydrogens is 210 g/mol. The fourth-order valence-corrected chi connectivity index (χ4v) is 1.27. The van der Waals surface area contributed by atoms with Crippen molar-refractivity contribution in [2.75, 3.05) is 53.7 Å². The first kappa shape index (κ1) is 15.3. The molecule has 0 N–H and O–H groups in total. The molecule has 0 aliphatic rings. The van der Waals surface area contributed by atoms with Crippen molar-refractivity contribution in [3.05, 3.63) is 0 Å². The van der Waals surface area contributed by atoms with Gasteiger partial charge in [-0.3, -0.25) is 9.69 Å². The number of hydrogen-bond donors (Lipinski definition) is 0. The normalized spacial score (nSPS) is 10.8. The third-order valence-corrected chi connectivity index (χ3v) is 2.10. The average molecular weight is 233 g/mol. The van der Waals surface area contributed by atoms with Gasteiger partial charge in [-0.15, -0.1) is 0 Å². The first-order valence-corrected chi connectivity index (χ1v) is 5.60. The summed E-state index contributed by atoms with van der Waals surface area (Å²) in [6.07, 6.45) is 1.01. The van der Waals surface area contributed by atoms with Crippen LogP contribution in [0.4, 0.5) is 0 Å². The molecule has 0 bridgehead atoms. The van der Waals surface area contributed by atoms with Crippen LogP contribution >= 0.6 is 0 Å². The molecule has 0 fully saturated rings. The van der Waals surface area contributed by atoms with Crippen LogP contribution in [0.2, 0.25) is 0 Å². The van der Waals surface area contributed by atoms with Crippen molar-refractivity contribution in [2.24, 2.45) is 0 Å². The molecular formula is C11H23NO4. The van der Waals surface area contributed by atoms with Gasteiger partial charge >= 0.3 is 5.97 Å². The van der Waals surface area contributed by atoms with Crippen molar-refractivity contribution < 1.29 is 19.0 Å². The Morgan fingerprint density at radius 1 is 1.12 bits per heavy atom. The number of carbonyl (C=O) groups is 1. The van der Waals surface area contributed by atoms with Crippen molar-refractivity contribution in [1.82, 2.24) is 4.90 Å². The lowest BCUT2D eigenvalue weighted by Crippen LogP contribution is -2.34. The van der Waals surface area contributed by atoms with E-state index in [1.54, 1.807) is 7.11 Å². The summed E-state index contributed by atoms with van der Waals surface area (Å²) in [6.45, 7) is 5.84. The minimum Gasteiger partial charge on any atom is -0.468 e. The van der Waals surface area contributed by atoms with Gasteiger partial charge in [0.1, 0.15) is 0 Å². The van der Waals surface area contributed by atoms with Gasteiger partial charge in [-0.25, -0.2) is 0 Å². The average Bonchev–Trinajstić information content (AvgIpc) is 2.28. The van der Waals surface area contributed by atoms with Crippen molar-refractivity contribution in [1.29, 1.82) is 0 Å². The Morgan fingerprint density at radius 2 is 1.88 bits per heavy atom. The van der Waals surface area contributed by atoms with Crippen LogP contribution in [0.3, 0.4) is 0 Å². The van der Waals surface area contributed by atoms with Gasteiger partial charge in [0.05, 0.1) is 33.5 Å². The minimum absolute atomic E-state index is 0.203. The quantitative estimate of drug-likeness (QED) is 0.407. The first-order valence-electron chi connectivity index (χ1n) is 5.60. The van der Waals surface area contributed by atoms with E-state index in [-0.39, 0.29) is 5.97 Å². The molecule has 0 radical (unpaired) electrons. The highest BCUT2D eigenvalue weighted by Crippen LogP contribution is 1.93. The fraction of sp³-hybridized carbons (Fsp3) is 0.909. The zero-order valence-corrected chi connectivity index (χ0v) is 10.5. The lowest BCUT2D eigenvalue weighted by Gasteiger charge is -2.19. The second kappa shape index (κ2) is 10.9. The third kappa shape index (κ3) is 8.64. The van der Waals surface area contributed by atoms with E-state index in [4.69, 9.17) is 9.47 Å². The third-order valence-electron chi connectivity index (χ3n) is 2.10. The zero-order chi connectivity index (χ0) is 12.2. The predicted molar refractivity (Wildman–Crippen MR) is 61.4 cm³/mol. The summed E-state index contributed by atoms with van der Waals surface area (Å²) < 4.78 is 14.8. The molecule has 5 heteroatoms. The van der Waals surface area contributed by atoms with Crippen molar-refractivity contribution >= 4 is 5.97 Å². The maximum absolute atomic E-state index is 11.1. The van der Waals surface area contributed by atoms with Gasteiger partial charge in [-0.05, 0) is 13.0 Å². The predicted octanol–water partition coefficient (Wildman–Crippen LogP) is 0.534. The lowest BCUT2D eigenvalue weighted by atomic mass is 10.4. The van der Waals surface area contributed by atoms with Crippen LogP contribution in [0.1, 0.15) is 13.3 Å². The summed E-state index contributed by atoms with van der Waals surface area (Å²) in [5.74, 6) is -0.203. The van der Waals surface area contributed by atoms with Crippen LogP contribution in [-0.4, -0.2) is 64.5 Å². The number of esters is 1. The van der Waals surface area contributed by atoms with Gasteiger partial charge in [-0.2, -0.15) is 0 Å². The molecule has 0 rings (SSSR count). The SMILES string of the molecule is CCCN(CCOCCOC)CC(=O)OC. The molecule has 0 spiro atoms. The van der Waals surface area contributed by atoms with E-state index in [0.29, 0.717) is 26.4 Å². The molecule has 16 heavy (non-hydrogen) atoms. The maximum Gasteiger partial charge on any atom is 0.319 e.